The van der Waals surface area contributed by atoms with E-state index in [2.05, 4.69) is 72.9 Å². The van der Waals surface area contributed by atoms with Gasteiger partial charge < -0.3 is 14.8 Å². The van der Waals surface area contributed by atoms with E-state index in [1.54, 1.807) is 7.11 Å². The lowest BCUT2D eigenvalue weighted by Crippen LogP contribution is -2.29. The number of fused-ring (bicyclic) bond motifs is 4. The van der Waals surface area contributed by atoms with Gasteiger partial charge in [-0.05, 0) is 76.6 Å². The molecule has 1 N–H and O–H groups in total. The molecule has 0 radical (unpaired) electrons. The van der Waals surface area contributed by atoms with Crippen molar-refractivity contribution >= 4 is 27.8 Å². The number of carbonyl (C=O) groups is 1. The summed E-state index contributed by atoms with van der Waals surface area (Å²) in [6.45, 7) is 2.90. The normalized spacial score (nSPS) is 18.5. The van der Waals surface area contributed by atoms with Gasteiger partial charge in [0.05, 0.1) is 19.8 Å². The molecule has 4 nitrogen and oxygen atoms in total. The number of Topliss-reactive ketones (excluding diaryl/α,β-unsaturated/α-hetero) is 1. The molecule has 0 amide bonds. The summed E-state index contributed by atoms with van der Waals surface area (Å²) in [6, 6.07) is 29.0. The predicted octanol–water partition coefficient (Wildman–Crippen LogP) is 8.09. The Morgan fingerprint density at radius 2 is 1.58 bits per heavy atom. The highest BCUT2D eigenvalue weighted by atomic mass is 16.5. The van der Waals surface area contributed by atoms with Gasteiger partial charge in [0.15, 0.2) is 5.78 Å². The minimum Gasteiger partial charge on any atom is -0.497 e. The van der Waals surface area contributed by atoms with Crippen LogP contribution in [0.25, 0.3) is 16.3 Å². The van der Waals surface area contributed by atoms with E-state index in [0.29, 0.717) is 6.42 Å². The van der Waals surface area contributed by atoms with Crippen LogP contribution < -0.4 is 14.8 Å². The van der Waals surface area contributed by atoms with Gasteiger partial charge in [0.2, 0.25) is 0 Å². The van der Waals surface area contributed by atoms with Gasteiger partial charge in [0.25, 0.3) is 0 Å². The number of unbranched alkanes of at least 4 members (excludes halogenated alkanes) is 1. The van der Waals surface area contributed by atoms with Gasteiger partial charge in [-0.3, -0.25) is 4.79 Å². The van der Waals surface area contributed by atoms with Crippen molar-refractivity contribution in [2.24, 2.45) is 0 Å². The van der Waals surface area contributed by atoms with Crippen LogP contribution in [0.2, 0.25) is 0 Å². The lowest BCUT2D eigenvalue weighted by atomic mass is 9.71. The van der Waals surface area contributed by atoms with Crippen molar-refractivity contribution in [2.45, 2.75) is 44.6 Å². The molecule has 4 heteroatoms. The molecule has 0 aromatic heterocycles. The van der Waals surface area contributed by atoms with Gasteiger partial charge in [-0.25, -0.2) is 0 Å². The summed E-state index contributed by atoms with van der Waals surface area (Å²) in [7, 11) is 1.67. The summed E-state index contributed by atoms with van der Waals surface area (Å²) >= 11 is 0. The average Bonchev–Trinajstić information content (AvgIpc) is 2.97. The third-order valence-corrected chi connectivity index (χ3v) is 7.89. The van der Waals surface area contributed by atoms with Crippen LogP contribution in [-0.2, 0) is 4.79 Å². The summed E-state index contributed by atoms with van der Waals surface area (Å²) in [5.41, 5.74) is 6.57. The zero-order chi connectivity index (χ0) is 26.1. The van der Waals surface area contributed by atoms with Crippen LogP contribution >= 0.6 is 0 Å². The molecule has 38 heavy (non-hydrogen) atoms. The standard InChI is InChI=1S/C34H33NO3/c1-3-4-19-38-27-16-9-22(10-17-27)25-20-29-32-28-8-6-5-7-23(28)13-18-30(32)35-34(33(29)31(36)21-25)24-11-14-26(37-2)15-12-24/h5-18,25,34-35H,3-4,19-21H2,1-2H3/t25-,34+/m0/s1. The van der Waals surface area contributed by atoms with Crippen LogP contribution in [0.5, 0.6) is 11.5 Å². The highest BCUT2D eigenvalue weighted by Crippen LogP contribution is 2.51. The zero-order valence-electron chi connectivity index (χ0n) is 22.0. The first-order valence-corrected chi connectivity index (χ1v) is 13.6. The molecular formula is C34H33NO3. The fourth-order valence-corrected chi connectivity index (χ4v) is 5.90. The molecule has 0 bridgehead atoms. The molecule has 0 fully saturated rings. The molecule has 6 rings (SSSR count). The molecule has 0 unspecified atom stereocenters. The smallest absolute Gasteiger partial charge is 0.162 e. The van der Waals surface area contributed by atoms with E-state index in [9.17, 15) is 4.79 Å². The van der Waals surface area contributed by atoms with E-state index in [0.717, 1.165) is 54.2 Å². The van der Waals surface area contributed by atoms with E-state index < -0.39 is 0 Å². The number of benzene rings is 4. The molecule has 4 aromatic carbocycles. The topological polar surface area (TPSA) is 47.6 Å². The lowest BCUT2D eigenvalue weighted by Gasteiger charge is -2.37. The fraction of sp³-hybridized carbons (Fsp3) is 0.265. The maximum absolute atomic E-state index is 14.0. The lowest BCUT2D eigenvalue weighted by molar-refractivity contribution is -0.116. The van der Waals surface area contributed by atoms with Gasteiger partial charge in [-0.1, -0.05) is 67.9 Å². The Labute approximate surface area is 224 Å². The van der Waals surface area contributed by atoms with Crippen molar-refractivity contribution < 1.29 is 14.3 Å². The number of ketones is 1. The summed E-state index contributed by atoms with van der Waals surface area (Å²) in [4.78, 5) is 14.0. The molecule has 1 heterocycles. The summed E-state index contributed by atoms with van der Waals surface area (Å²) in [5.74, 6) is 2.04. The molecule has 1 aliphatic heterocycles. The van der Waals surface area contributed by atoms with E-state index >= 15 is 0 Å². The van der Waals surface area contributed by atoms with Crippen LogP contribution in [0, 0.1) is 0 Å². The van der Waals surface area contributed by atoms with Crippen molar-refractivity contribution in [3.63, 3.8) is 0 Å². The number of hydrogen-bond acceptors (Lipinski definition) is 4. The molecule has 0 saturated heterocycles. The van der Waals surface area contributed by atoms with E-state index in [-0.39, 0.29) is 17.7 Å². The van der Waals surface area contributed by atoms with Crippen molar-refractivity contribution in [2.75, 3.05) is 19.0 Å². The number of hydrogen-bond donors (Lipinski definition) is 1. The Kier molecular flexibility index (Phi) is 6.63. The zero-order valence-corrected chi connectivity index (χ0v) is 22.0. The maximum atomic E-state index is 14.0. The fourth-order valence-electron chi connectivity index (χ4n) is 5.90. The van der Waals surface area contributed by atoms with Gasteiger partial charge in [-0.15, -0.1) is 0 Å². The second-order valence-corrected chi connectivity index (χ2v) is 10.3. The number of rotatable bonds is 7. The third-order valence-electron chi connectivity index (χ3n) is 7.89. The minimum absolute atomic E-state index is 0.132. The van der Waals surface area contributed by atoms with E-state index in [4.69, 9.17) is 9.47 Å². The Morgan fingerprint density at radius 3 is 2.34 bits per heavy atom. The quantitative estimate of drug-likeness (QED) is 0.259. The maximum Gasteiger partial charge on any atom is 0.162 e. The second-order valence-electron chi connectivity index (χ2n) is 10.3. The van der Waals surface area contributed by atoms with Crippen molar-refractivity contribution in [3.05, 3.63) is 107 Å². The molecule has 1 aliphatic carbocycles. The van der Waals surface area contributed by atoms with Crippen molar-refractivity contribution in [3.8, 4) is 11.5 Å². The molecule has 0 saturated carbocycles. The van der Waals surface area contributed by atoms with Gasteiger partial charge in [0, 0.05) is 23.2 Å². The van der Waals surface area contributed by atoms with Gasteiger partial charge in [-0.2, -0.15) is 0 Å². The average molecular weight is 504 g/mol. The van der Waals surface area contributed by atoms with Gasteiger partial charge in [0.1, 0.15) is 11.5 Å². The number of nitrogens with one attached hydrogen (secondary N) is 1. The SMILES string of the molecule is CCCCOc1ccc([C@@H]2CC(=O)C3=C(C2)c2c(ccc4ccccc24)N[C@@H]3c2ccc(OC)cc2)cc1. The number of carbonyl (C=O) groups excluding carboxylic acids is 1. The highest BCUT2D eigenvalue weighted by Gasteiger charge is 2.38. The van der Waals surface area contributed by atoms with Crippen LogP contribution in [0.4, 0.5) is 5.69 Å². The number of methoxy groups -OCH3 is 1. The Morgan fingerprint density at radius 1 is 0.842 bits per heavy atom. The Bertz CT molecular complexity index is 1500. The molecule has 0 spiro atoms. The van der Waals surface area contributed by atoms with Gasteiger partial charge >= 0.3 is 0 Å². The second kappa shape index (κ2) is 10.4. The van der Waals surface area contributed by atoms with E-state index in [1.807, 2.05) is 24.3 Å². The molecule has 2 aliphatic rings. The van der Waals surface area contributed by atoms with Crippen LogP contribution in [0.15, 0.2) is 90.5 Å². The largest absolute Gasteiger partial charge is 0.497 e. The minimum atomic E-state index is -0.188. The first-order valence-electron chi connectivity index (χ1n) is 13.6. The van der Waals surface area contributed by atoms with Crippen LogP contribution in [0.1, 0.15) is 61.3 Å². The summed E-state index contributed by atoms with van der Waals surface area (Å²) in [5, 5.41) is 6.10. The highest BCUT2D eigenvalue weighted by molar-refractivity contribution is 6.13. The van der Waals surface area contributed by atoms with E-state index in [1.165, 1.54) is 27.5 Å². The number of anilines is 1. The third kappa shape index (κ3) is 4.45. The molecule has 2 atom stereocenters. The Hall–Kier alpha value is -4.05. The summed E-state index contributed by atoms with van der Waals surface area (Å²) in [6.07, 6.45) is 3.49. The van der Waals surface area contributed by atoms with Crippen LogP contribution in [-0.4, -0.2) is 19.5 Å². The monoisotopic (exact) mass is 503 g/mol. The molecule has 4 aromatic rings. The molecule has 192 valence electrons. The van der Waals surface area contributed by atoms with Crippen molar-refractivity contribution in [1.29, 1.82) is 0 Å². The number of allylic oxidation sites excluding steroid dienone is 1. The predicted molar refractivity (Wildman–Crippen MR) is 154 cm³/mol. The number of ether oxygens (including phenoxy) is 2. The Balaban J connectivity index is 1.42. The van der Waals surface area contributed by atoms with Crippen molar-refractivity contribution in [1.82, 2.24) is 0 Å². The molecular weight excluding hydrogens is 470 g/mol. The first kappa shape index (κ1) is 24.3. The van der Waals surface area contributed by atoms with Crippen LogP contribution in [0.3, 0.4) is 0 Å². The summed E-state index contributed by atoms with van der Waals surface area (Å²) < 4.78 is 11.3. The first-order chi connectivity index (χ1) is 18.7.